The van der Waals surface area contributed by atoms with Crippen molar-refractivity contribution in [2.45, 2.75) is 31.8 Å². The van der Waals surface area contributed by atoms with Crippen LogP contribution in [0.5, 0.6) is 0 Å². The van der Waals surface area contributed by atoms with Gasteiger partial charge in [-0.05, 0) is 38.3 Å². The van der Waals surface area contributed by atoms with Crippen molar-refractivity contribution >= 4 is 27.5 Å². The summed E-state index contributed by atoms with van der Waals surface area (Å²) in [6.45, 7) is 3.64. The molecular formula is C16H18N2O2S. The quantitative estimate of drug-likeness (QED) is 0.948. The molecule has 1 aliphatic carbocycles. The van der Waals surface area contributed by atoms with E-state index in [-0.39, 0.29) is 16.9 Å². The predicted molar refractivity (Wildman–Crippen MR) is 82.6 cm³/mol. The van der Waals surface area contributed by atoms with Gasteiger partial charge in [-0.1, -0.05) is 12.1 Å². The van der Waals surface area contributed by atoms with Gasteiger partial charge in [-0.25, -0.2) is 4.98 Å². The molecule has 2 aliphatic rings. The van der Waals surface area contributed by atoms with E-state index in [1.165, 1.54) is 11.3 Å². The average Bonchev–Trinajstić information content (AvgIpc) is 3.14. The monoisotopic (exact) mass is 302 g/mol. The fraction of sp³-hybridized carbons (Fsp3) is 0.500. The summed E-state index contributed by atoms with van der Waals surface area (Å²) in [6.07, 6.45) is 3.30. The molecule has 1 aromatic carbocycles. The highest BCUT2D eigenvalue weighted by molar-refractivity contribution is 7.20. The first-order valence-electron chi connectivity index (χ1n) is 7.35. The molecule has 0 radical (unpaired) electrons. The number of amides is 1. The largest absolute Gasteiger partial charge is 0.375 e. The minimum Gasteiger partial charge on any atom is -0.375 e. The first-order valence-corrected chi connectivity index (χ1v) is 8.17. The standard InChI is InChI=1S/C16H18N2O2S/c1-15-6-7-16(8-15,10-20-15)9-17-13(19)14-18-11-4-2-3-5-12(11)21-14/h2-5H,6-10H2,1H3,(H,17,19). The maximum atomic E-state index is 12.3. The summed E-state index contributed by atoms with van der Waals surface area (Å²) < 4.78 is 6.92. The average molecular weight is 302 g/mol. The van der Waals surface area contributed by atoms with Gasteiger partial charge < -0.3 is 10.1 Å². The summed E-state index contributed by atoms with van der Waals surface area (Å²) in [4.78, 5) is 16.7. The van der Waals surface area contributed by atoms with Crippen molar-refractivity contribution in [3.63, 3.8) is 0 Å². The number of hydrogen-bond donors (Lipinski definition) is 1. The van der Waals surface area contributed by atoms with E-state index in [9.17, 15) is 4.79 Å². The maximum Gasteiger partial charge on any atom is 0.280 e. The van der Waals surface area contributed by atoms with Crippen molar-refractivity contribution in [3.05, 3.63) is 29.3 Å². The Morgan fingerprint density at radius 1 is 1.43 bits per heavy atom. The van der Waals surface area contributed by atoms with E-state index in [4.69, 9.17) is 4.74 Å². The Bertz CT molecular complexity index is 668. The molecule has 2 heterocycles. The van der Waals surface area contributed by atoms with Crippen LogP contribution in [0, 0.1) is 5.41 Å². The van der Waals surface area contributed by atoms with E-state index in [2.05, 4.69) is 17.2 Å². The lowest BCUT2D eigenvalue weighted by atomic mass is 9.87. The second-order valence-electron chi connectivity index (χ2n) is 6.58. The Balaban J connectivity index is 1.46. The number of aromatic nitrogens is 1. The van der Waals surface area contributed by atoms with Crippen LogP contribution in [0.3, 0.4) is 0 Å². The van der Waals surface area contributed by atoms with Gasteiger partial charge >= 0.3 is 0 Å². The number of nitrogens with zero attached hydrogens (tertiary/aromatic N) is 1. The number of benzene rings is 1. The van der Waals surface area contributed by atoms with Crippen molar-refractivity contribution in [1.29, 1.82) is 0 Å². The summed E-state index contributed by atoms with van der Waals surface area (Å²) in [5.74, 6) is -0.0638. The van der Waals surface area contributed by atoms with Crippen LogP contribution in [0.1, 0.15) is 36.0 Å². The molecule has 1 saturated carbocycles. The molecule has 110 valence electrons. The Morgan fingerprint density at radius 2 is 2.29 bits per heavy atom. The molecule has 1 saturated heterocycles. The summed E-state index contributed by atoms with van der Waals surface area (Å²) in [6, 6.07) is 7.85. The first kappa shape index (κ1) is 13.2. The van der Waals surface area contributed by atoms with Gasteiger partial charge in [0.05, 0.1) is 22.4 Å². The van der Waals surface area contributed by atoms with E-state index in [1.54, 1.807) is 0 Å². The van der Waals surface area contributed by atoms with E-state index in [0.29, 0.717) is 11.6 Å². The van der Waals surface area contributed by atoms with Gasteiger partial charge in [0.2, 0.25) is 0 Å². The fourth-order valence-electron chi connectivity index (χ4n) is 3.59. The SMILES string of the molecule is CC12CCC(CNC(=O)c3nc4ccccc4s3)(CO1)C2. The Hall–Kier alpha value is -1.46. The molecule has 2 bridgehead atoms. The summed E-state index contributed by atoms with van der Waals surface area (Å²) in [5.41, 5.74) is 1.07. The van der Waals surface area contributed by atoms with Crippen molar-refractivity contribution in [3.8, 4) is 0 Å². The Labute approximate surface area is 127 Å². The molecule has 1 aromatic heterocycles. The number of rotatable bonds is 3. The molecule has 2 atom stereocenters. The molecule has 0 spiro atoms. The van der Waals surface area contributed by atoms with Gasteiger partial charge in [-0.15, -0.1) is 11.3 Å². The van der Waals surface area contributed by atoms with Crippen LogP contribution in [0.25, 0.3) is 10.2 Å². The van der Waals surface area contributed by atoms with Crippen LogP contribution < -0.4 is 5.32 Å². The fourth-order valence-corrected chi connectivity index (χ4v) is 4.47. The topological polar surface area (TPSA) is 51.2 Å². The first-order chi connectivity index (χ1) is 10.1. The van der Waals surface area contributed by atoms with Crippen LogP contribution in [0.4, 0.5) is 0 Å². The van der Waals surface area contributed by atoms with Crippen molar-refractivity contribution in [1.82, 2.24) is 10.3 Å². The van der Waals surface area contributed by atoms with E-state index in [0.717, 1.165) is 36.1 Å². The summed E-state index contributed by atoms with van der Waals surface area (Å²) >= 11 is 1.45. The molecule has 2 fully saturated rings. The highest BCUT2D eigenvalue weighted by Gasteiger charge is 2.53. The Morgan fingerprint density at radius 3 is 2.95 bits per heavy atom. The summed E-state index contributed by atoms with van der Waals surface area (Å²) in [5, 5.41) is 3.61. The number of para-hydroxylation sites is 1. The third-order valence-corrected chi connectivity index (χ3v) is 5.81. The highest BCUT2D eigenvalue weighted by Crippen LogP contribution is 2.52. The smallest absolute Gasteiger partial charge is 0.280 e. The van der Waals surface area contributed by atoms with Crippen LogP contribution in [-0.2, 0) is 4.74 Å². The number of hydrogen-bond acceptors (Lipinski definition) is 4. The number of nitrogens with one attached hydrogen (secondary N) is 1. The van der Waals surface area contributed by atoms with Gasteiger partial charge in [0, 0.05) is 12.0 Å². The minimum atomic E-state index is -0.0638. The highest BCUT2D eigenvalue weighted by atomic mass is 32.1. The van der Waals surface area contributed by atoms with Crippen LogP contribution in [-0.4, -0.2) is 29.6 Å². The van der Waals surface area contributed by atoms with E-state index < -0.39 is 0 Å². The number of thiazole rings is 1. The van der Waals surface area contributed by atoms with Gasteiger partial charge in [0.1, 0.15) is 0 Å². The minimum absolute atomic E-state index is 0.0423. The zero-order valence-corrected chi connectivity index (χ0v) is 12.8. The molecule has 1 amide bonds. The number of carbonyl (C=O) groups excluding carboxylic acids is 1. The van der Waals surface area contributed by atoms with Crippen molar-refractivity contribution in [2.24, 2.45) is 5.41 Å². The zero-order valence-electron chi connectivity index (χ0n) is 12.0. The number of fused-ring (bicyclic) bond motifs is 3. The summed E-state index contributed by atoms with van der Waals surface area (Å²) in [7, 11) is 0. The number of carbonyl (C=O) groups is 1. The molecule has 4 rings (SSSR count). The number of ether oxygens (including phenoxy) is 1. The van der Waals surface area contributed by atoms with E-state index in [1.807, 2.05) is 24.3 Å². The Kier molecular flexibility index (Phi) is 2.84. The zero-order chi connectivity index (χ0) is 14.5. The second-order valence-corrected chi connectivity index (χ2v) is 7.62. The third kappa shape index (κ3) is 2.24. The molecule has 2 unspecified atom stereocenters. The predicted octanol–water partition coefficient (Wildman–Crippen LogP) is 2.99. The van der Waals surface area contributed by atoms with Crippen molar-refractivity contribution < 1.29 is 9.53 Å². The van der Waals surface area contributed by atoms with Gasteiger partial charge in [-0.3, -0.25) is 4.79 Å². The van der Waals surface area contributed by atoms with Crippen LogP contribution in [0.2, 0.25) is 0 Å². The third-order valence-electron chi connectivity index (χ3n) is 4.77. The van der Waals surface area contributed by atoms with Crippen LogP contribution in [0.15, 0.2) is 24.3 Å². The maximum absolute atomic E-state index is 12.3. The second kappa shape index (κ2) is 4.52. The lowest BCUT2D eigenvalue weighted by Crippen LogP contribution is -2.37. The molecule has 4 nitrogen and oxygen atoms in total. The molecule has 21 heavy (non-hydrogen) atoms. The van der Waals surface area contributed by atoms with Gasteiger partial charge in [-0.2, -0.15) is 0 Å². The van der Waals surface area contributed by atoms with Gasteiger partial charge in [0.25, 0.3) is 5.91 Å². The molecular weight excluding hydrogens is 284 g/mol. The van der Waals surface area contributed by atoms with Gasteiger partial charge in [0.15, 0.2) is 5.01 Å². The van der Waals surface area contributed by atoms with E-state index >= 15 is 0 Å². The molecule has 2 aromatic rings. The van der Waals surface area contributed by atoms with Crippen LogP contribution >= 0.6 is 11.3 Å². The molecule has 1 aliphatic heterocycles. The lowest BCUT2D eigenvalue weighted by Gasteiger charge is -2.26. The molecule has 5 heteroatoms. The van der Waals surface area contributed by atoms with Crippen molar-refractivity contribution in [2.75, 3.05) is 13.2 Å². The molecule has 1 N–H and O–H groups in total. The normalized spacial score (nSPS) is 30.9. The lowest BCUT2D eigenvalue weighted by molar-refractivity contribution is -0.0150.